The second-order valence-corrected chi connectivity index (χ2v) is 3.23. The van der Waals surface area contributed by atoms with Gasteiger partial charge >= 0.3 is 0 Å². The topological polar surface area (TPSA) is 29.3 Å². The van der Waals surface area contributed by atoms with Crippen LogP contribution < -0.4 is 5.73 Å². The van der Waals surface area contributed by atoms with Gasteiger partial charge in [-0.25, -0.2) is 0 Å². The molecular formula is C8H18N2. The van der Waals surface area contributed by atoms with Crippen LogP contribution >= 0.6 is 0 Å². The molecule has 0 radical (unpaired) electrons. The van der Waals surface area contributed by atoms with E-state index < -0.39 is 0 Å². The summed E-state index contributed by atoms with van der Waals surface area (Å²) in [5.41, 5.74) is 6.35. The zero-order valence-corrected chi connectivity index (χ0v) is 7.39. The summed E-state index contributed by atoms with van der Waals surface area (Å²) < 4.78 is 0. The first-order valence-electron chi connectivity index (χ1n) is 3.57. The van der Waals surface area contributed by atoms with E-state index in [9.17, 15) is 0 Å². The minimum Gasteiger partial charge on any atom is -0.401 e. The Balaban J connectivity index is 4.12. The molecule has 0 fully saturated rings. The Kier molecular flexibility index (Phi) is 3.43. The predicted molar refractivity (Wildman–Crippen MR) is 45.6 cm³/mol. The fraction of sp³-hybridized carbons (Fsp3) is 0.750. The first kappa shape index (κ1) is 9.50. The van der Waals surface area contributed by atoms with Crippen molar-refractivity contribution < 1.29 is 0 Å². The van der Waals surface area contributed by atoms with E-state index in [1.54, 1.807) is 0 Å². The Morgan fingerprint density at radius 1 is 1.40 bits per heavy atom. The maximum atomic E-state index is 5.60. The molecule has 1 atom stereocenters. The lowest BCUT2D eigenvalue weighted by molar-refractivity contribution is 0.266. The Labute approximate surface area is 63.7 Å². The second-order valence-electron chi connectivity index (χ2n) is 3.23. The molecule has 0 aromatic rings. The fourth-order valence-electron chi connectivity index (χ4n) is 1.36. The first-order chi connectivity index (χ1) is 4.46. The molecule has 0 amide bonds. The van der Waals surface area contributed by atoms with E-state index in [0.717, 1.165) is 5.70 Å². The highest BCUT2D eigenvalue weighted by Crippen LogP contribution is 2.10. The summed E-state index contributed by atoms with van der Waals surface area (Å²) in [4.78, 5) is 2.09. The summed E-state index contributed by atoms with van der Waals surface area (Å²) in [6, 6.07) is 0.306. The molecule has 0 rings (SSSR count). The van der Waals surface area contributed by atoms with Crippen molar-refractivity contribution in [1.82, 2.24) is 4.90 Å². The number of likely N-dealkylation sites (N-methyl/N-ethyl adjacent to an activating group) is 1. The lowest BCUT2D eigenvalue weighted by atomic mass is 10.0. The Bertz CT molecular complexity index is 108. The van der Waals surface area contributed by atoms with Crippen LogP contribution in [0.1, 0.15) is 13.8 Å². The number of hydrogen-bond acceptors (Lipinski definition) is 2. The molecule has 0 saturated heterocycles. The van der Waals surface area contributed by atoms with Gasteiger partial charge in [-0.05, 0) is 20.0 Å². The number of nitrogens with two attached hydrogens (primary N) is 1. The fourth-order valence-corrected chi connectivity index (χ4v) is 1.36. The maximum absolute atomic E-state index is 5.60. The van der Waals surface area contributed by atoms with Crippen LogP contribution in [0.5, 0.6) is 0 Å². The summed E-state index contributed by atoms with van der Waals surface area (Å²) in [7, 11) is 4.03. The number of rotatable bonds is 3. The van der Waals surface area contributed by atoms with Crippen molar-refractivity contribution in [3.05, 3.63) is 12.3 Å². The van der Waals surface area contributed by atoms with E-state index in [1.165, 1.54) is 0 Å². The van der Waals surface area contributed by atoms with Crippen molar-refractivity contribution in [3.8, 4) is 0 Å². The van der Waals surface area contributed by atoms with Gasteiger partial charge in [0.1, 0.15) is 0 Å². The third-order valence-electron chi connectivity index (χ3n) is 1.57. The van der Waals surface area contributed by atoms with Crippen LogP contribution in [-0.4, -0.2) is 25.0 Å². The van der Waals surface area contributed by atoms with Gasteiger partial charge in [-0.2, -0.15) is 0 Å². The summed E-state index contributed by atoms with van der Waals surface area (Å²) in [6.45, 7) is 8.02. The van der Waals surface area contributed by atoms with Crippen LogP contribution in [0.3, 0.4) is 0 Å². The van der Waals surface area contributed by atoms with Crippen molar-refractivity contribution >= 4 is 0 Å². The van der Waals surface area contributed by atoms with Gasteiger partial charge in [-0.1, -0.05) is 20.4 Å². The molecule has 0 spiro atoms. The molecule has 2 heteroatoms. The second kappa shape index (κ2) is 3.62. The summed E-state index contributed by atoms with van der Waals surface area (Å²) in [5.74, 6) is 0.535. The average Bonchev–Trinajstić information content (AvgIpc) is 1.59. The van der Waals surface area contributed by atoms with Crippen LogP contribution in [0.25, 0.3) is 0 Å². The van der Waals surface area contributed by atoms with E-state index in [2.05, 4.69) is 25.3 Å². The molecular weight excluding hydrogens is 124 g/mol. The van der Waals surface area contributed by atoms with E-state index in [1.807, 2.05) is 14.1 Å². The molecule has 2 nitrogen and oxygen atoms in total. The Morgan fingerprint density at radius 3 is 1.80 bits per heavy atom. The maximum Gasteiger partial charge on any atom is 0.0504 e. The number of hydrogen-bond donors (Lipinski definition) is 1. The van der Waals surface area contributed by atoms with E-state index >= 15 is 0 Å². The van der Waals surface area contributed by atoms with Crippen molar-refractivity contribution in [1.29, 1.82) is 0 Å². The van der Waals surface area contributed by atoms with Gasteiger partial charge in [-0.15, -0.1) is 0 Å². The van der Waals surface area contributed by atoms with Crippen LogP contribution in [-0.2, 0) is 0 Å². The molecule has 60 valence electrons. The number of nitrogens with zero attached hydrogens (tertiary/aromatic N) is 1. The van der Waals surface area contributed by atoms with E-state index in [-0.39, 0.29) is 0 Å². The van der Waals surface area contributed by atoms with Crippen molar-refractivity contribution in [2.24, 2.45) is 11.7 Å². The largest absolute Gasteiger partial charge is 0.401 e. The van der Waals surface area contributed by atoms with Gasteiger partial charge in [0.2, 0.25) is 0 Å². The summed E-state index contributed by atoms with van der Waals surface area (Å²) in [5, 5.41) is 0. The molecule has 0 aliphatic heterocycles. The van der Waals surface area contributed by atoms with Crippen LogP contribution in [0, 0.1) is 5.92 Å². The normalized spacial score (nSPS) is 14.2. The third kappa shape index (κ3) is 2.40. The molecule has 2 N–H and O–H groups in total. The van der Waals surface area contributed by atoms with Crippen molar-refractivity contribution in [2.45, 2.75) is 19.9 Å². The van der Waals surface area contributed by atoms with Gasteiger partial charge in [0.05, 0.1) is 6.04 Å². The molecule has 0 aromatic heterocycles. The standard InChI is InChI=1S/C8H18N2/c1-6(2)8(7(3)9)10(4)5/h6,8H,3,9H2,1-2,4-5H3/t8-/m1/s1. The Morgan fingerprint density at radius 2 is 1.80 bits per heavy atom. The lowest BCUT2D eigenvalue weighted by Gasteiger charge is -2.27. The van der Waals surface area contributed by atoms with E-state index in [4.69, 9.17) is 5.73 Å². The lowest BCUT2D eigenvalue weighted by Crippen LogP contribution is -2.36. The van der Waals surface area contributed by atoms with Gasteiger partial charge in [0, 0.05) is 5.70 Å². The van der Waals surface area contributed by atoms with Gasteiger partial charge in [0.25, 0.3) is 0 Å². The van der Waals surface area contributed by atoms with Crippen LogP contribution in [0.15, 0.2) is 12.3 Å². The SMILES string of the molecule is C=C(N)[C@@H](C(C)C)N(C)C. The molecule has 0 aromatic carbocycles. The summed E-state index contributed by atoms with van der Waals surface area (Å²) in [6.07, 6.45) is 0. The molecule has 0 saturated carbocycles. The predicted octanol–water partition coefficient (Wildman–Crippen LogP) is 1.04. The molecule has 0 unspecified atom stereocenters. The highest BCUT2D eigenvalue weighted by Gasteiger charge is 2.16. The highest BCUT2D eigenvalue weighted by atomic mass is 15.1. The van der Waals surface area contributed by atoms with E-state index in [0.29, 0.717) is 12.0 Å². The van der Waals surface area contributed by atoms with Crippen molar-refractivity contribution in [3.63, 3.8) is 0 Å². The zero-order chi connectivity index (χ0) is 8.31. The molecule has 0 heterocycles. The average molecular weight is 142 g/mol. The monoisotopic (exact) mass is 142 g/mol. The molecule has 0 aliphatic carbocycles. The van der Waals surface area contributed by atoms with Crippen LogP contribution in [0.2, 0.25) is 0 Å². The van der Waals surface area contributed by atoms with Gasteiger partial charge in [-0.3, -0.25) is 0 Å². The quantitative estimate of drug-likeness (QED) is 0.638. The minimum absolute atomic E-state index is 0.306. The molecule has 0 bridgehead atoms. The Hall–Kier alpha value is -0.500. The van der Waals surface area contributed by atoms with Crippen molar-refractivity contribution in [2.75, 3.05) is 14.1 Å². The van der Waals surface area contributed by atoms with Gasteiger partial charge < -0.3 is 10.6 Å². The zero-order valence-electron chi connectivity index (χ0n) is 7.39. The smallest absolute Gasteiger partial charge is 0.0504 e. The highest BCUT2D eigenvalue weighted by molar-refractivity contribution is 5.01. The summed E-state index contributed by atoms with van der Waals surface area (Å²) >= 11 is 0. The van der Waals surface area contributed by atoms with Crippen LogP contribution in [0.4, 0.5) is 0 Å². The molecule has 10 heavy (non-hydrogen) atoms. The van der Waals surface area contributed by atoms with Gasteiger partial charge in [0.15, 0.2) is 0 Å². The molecule has 0 aliphatic rings. The third-order valence-corrected chi connectivity index (χ3v) is 1.57. The minimum atomic E-state index is 0.306. The first-order valence-corrected chi connectivity index (χ1v) is 3.57.